The van der Waals surface area contributed by atoms with Crippen LogP contribution in [0.1, 0.15) is 28.9 Å². The van der Waals surface area contributed by atoms with E-state index in [2.05, 4.69) is 10.3 Å². The summed E-state index contributed by atoms with van der Waals surface area (Å²) in [6.07, 6.45) is -2.91. The van der Waals surface area contributed by atoms with Crippen LogP contribution in [0.25, 0.3) is 0 Å². The van der Waals surface area contributed by atoms with E-state index in [0.29, 0.717) is 18.4 Å². The number of carbonyl (C=O) groups excluding carboxylic acids is 1. The molecule has 1 unspecified atom stereocenters. The van der Waals surface area contributed by atoms with E-state index in [9.17, 15) is 18.0 Å². The van der Waals surface area contributed by atoms with Gasteiger partial charge in [0.2, 0.25) is 5.88 Å². The molecular weight excluding hydrogens is 287 g/mol. The van der Waals surface area contributed by atoms with Crippen molar-refractivity contribution in [3.63, 3.8) is 0 Å². The molecule has 1 fully saturated rings. The summed E-state index contributed by atoms with van der Waals surface area (Å²) in [6, 6.07) is 1.71. The highest BCUT2D eigenvalue weighted by Gasteiger charge is 2.33. The normalized spacial score (nSPS) is 18.7. The number of carbonyl (C=O) groups is 1. The average molecular weight is 303 g/mol. The standard InChI is InChI=1S/C13H16F3N3O2/c14-13(15,16)10-2-1-9(11(17)20)12(19-10)21-6-4-8-3-5-18-7-8/h1-2,8,18H,3-7H2,(H2,17,20). The number of pyridine rings is 1. The highest BCUT2D eigenvalue weighted by atomic mass is 19.4. The first-order valence-corrected chi connectivity index (χ1v) is 6.59. The van der Waals surface area contributed by atoms with E-state index < -0.39 is 17.8 Å². The summed E-state index contributed by atoms with van der Waals surface area (Å²) < 4.78 is 43.1. The first-order chi connectivity index (χ1) is 9.88. The van der Waals surface area contributed by atoms with Gasteiger partial charge in [0.15, 0.2) is 0 Å². The summed E-state index contributed by atoms with van der Waals surface area (Å²) in [5.74, 6) is -0.801. The Labute approximate surface area is 119 Å². The van der Waals surface area contributed by atoms with E-state index in [1.807, 2.05) is 0 Å². The van der Waals surface area contributed by atoms with Gasteiger partial charge in [-0.2, -0.15) is 13.2 Å². The Morgan fingerprint density at radius 3 is 2.81 bits per heavy atom. The van der Waals surface area contributed by atoms with E-state index in [1.54, 1.807) is 0 Å². The molecule has 0 saturated carbocycles. The Hall–Kier alpha value is -1.83. The lowest BCUT2D eigenvalue weighted by Crippen LogP contribution is -2.18. The third kappa shape index (κ3) is 4.07. The van der Waals surface area contributed by atoms with Crippen LogP contribution in [0.4, 0.5) is 13.2 Å². The fourth-order valence-corrected chi connectivity index (χ4v) is 2.18. The van der Waals surface area contributed by atoms with Crippen molar-refractivity contribution in [1.82, 2.24) is 10.3 Å². The van der Waals surface area contributed by atoms with E-state index in [4.69, 9.17) is 10.5 Å². The molecule has 0 bridgehead atoms. The summed E-state index contributed by atoms with van der Waals surface area (Å²) in [4.78, 5) is 14.6. The van der Waals surface area contributed by atoms with Crippen molar-refractivity contribution < 1.29 is 22.7 Å². The number of amides is 1. The van der Waals surface area contributed by atoms with E-state index >= 15 is 0 Å². The first-order valence-electron chi connectivity index (χ1n) is 6.59. The van der Waals surface area contributed by atoms with Gasteiger partial charge >= 0.3 is 6.18 Å². The van der Waals surface area contributed by atoms with Crippen molar-refractivity contribution >= 4 is 5.91 Å². The van der Waals surface area contributed by atoms with Crippen molar-refractivity contribution in [2.45, 2.75) is 19.0 Å². The van der Waals surface area contributed by atoms with Crippen molar-refractivity contribution in [3.05, 3.63) is 23.4 Å². The molecule has 0 radical (unpaired) electrons. The van der Waals surface area contributed by atoms with Crippen molar-refractivity contribution in [2.75, 3.05) is 19.7 Å². The second kappa shape index (κ2) is 6.30. The third-order valence-corrected chi connectivity index (χ3v) is 3.34. The molecule has 8 heteroatoms. The smallest absolute Gasteiger partial charge is 0.433 e. The second-order valence-electron chi connectivity index (χ2n) is 4.91. The molecule has 0 aromatic carbocycles. The number of hydrogen-bond acceptors (Lipinski definition) is 4. The first kappa shape index (κ1) is 15.6. The maximum absolute atomic E-state index is 12.6. The fraction of sp³-hybridized carbons (Fsp3) is 0.538. The lowest BCUT2D eigenvalue weighted by atomic mass is 10.1. The van der Waals surface area contributed by atoms with Gasteiger partial charge < -0.3 is 15.8 Å². The van der Waals surface area contributed by atoms with Crippen molar-refractivity contribution in [1.29, 1.82) is 0 Å². The Kier molecular flexibility index (Phi) is 4.66. The lowest BCUT2D eigenvalue weighted by Gasteiger charge is -2.13. The van der Waals surface area contributed by atoms with Crippen LogP contribution in [0.15, 0.2) is 12.1 Å². The summed E-state index contributed by atoms with van der Waals surface area (Å²) in [7, 11) is 0. The molecule has 2 rings (SSSR count). The zero-order valence-corrected chi connectivity index (χ0v) is 11.2. The molecule has 1 amide bonds. The van der Waals surface area contributed by atoms with E-state index in [1.165, 1.54) is 0 Å². The molecule has 2 heterocycles. The number of aromatic nitrogens is 1. The quantitative estimate of drug-likeness (QED) is 0.866. The van der Waals surface area contributed by atoms with Gasteiger partial charge in [0, 0.05) is 0 Å². The molecule has 1 aliphatic rings. The summed E-state index contributed by atoms with van der Waals surface area (Å²) >= 11 is 0. The van der Waals surface area contributed by atoms with Crippen LogP contribution in [0, 0.1) is 5.92 Å². The van der Waals surface area contributed by atoms with Crippen LogP contribution in [-0.2, 0) is 6.18 Å². The SMILES string of the molecule is NC(=O)c1ccc(C(F)(F)F)nc1OCCC1CCNC1. The minimum Gasteiger partial charge on any atom is -0.477 e. The average Bonchev–Trinajstić information content (AvgIpc) is 2.90. The summed E-state index contributed by atoms with van der Waals surface area (Å²) in [5.41, 5.74) is 3.87. The molecule has 1 aliphatic heterocycles. The second-order valence-corrected chi connectivity index (χ2v) is 4.91. The largest absolute Gasteiger partial charge is 0.477 e. The van der Waals surface area contributed by atoms with E-state index in [0.717, 1.165) is 25.6 Å². The minimum atomic E-state index is -4.59. The van der Waals surface area contributed by atoms with Gasteiger partial charge in [-0.1, -0.05) is 0 Å². The van der Waals surface area contributed by atoms with Crippen LogP contribution < -0.4 is 15.8 Å². The molecule has 1 aromatic rings. The minimum absolute atomic E-state index is 0.146. The molecule has 3 N–H and O–H groups in total. The number of primary amides is 1. The third-order valence-electron chi connectivity index (χ3n) is 3.34. The topological polar surface area (TPSA) is 77.2 Å². The van der Waals surface area contributed by atoms with Crippen LogP contribution >= 0.6 is 0 Å². The van der Waals surface area contributed by atoms with Gasteiger partial charge in [-0.3, -0.25) is 4.79 Å². The molecule has 0 aliphatic carbocycles. The van der Waals surface area contributed by atoms with E-state index in [-0.39, 0.29) is 18.1 Å². The van der Waals surface area contributed by atoms with Crippen LogP contribution in [0.3, 0.4) is 0 Å². The van der Waals surface area contributed by atoms with Crippen molar-refractivity contribution in [3.8, 4) is 5.88 Å². The molecule has 1 saturated heterocycles. The zero-order valence-electron chi connectivity index (χ0n) is 11.2. The van der Waals surface area contributed by atoms with Crippen LogP contribution in [0.5, 0.6) is 5.88 Å². The van der Waals surface area contributed by atoms with Gasteiger partial charge in [0.1, 0.15) is 11.3 Å². The molecular formula is C13H16F3N3O2. The van der Waals surface area contributed by atoms with Crippen molar-refractivity contribution in [2.24, 2.45) is 11.7 Å². The van der Waals surface area contributed by atoms with Crippen LogP contribution in [-0.4, -0.2) is 30.6 Å². The fourth-order valence-electron chi connectivity index (χ4n) is 2.18. The zero-order chi connectivity index (χ0) is 15.5. The maximum atomic E-state index is 12.6. The molecule has 116 valence electrons. The Balaban J connectivity index is 2.08. The van der Waals surface area contributed by atoms with Gasteiger partial charge in [-0.05, 0) is 44.0 Å². The maximum Gasteiger partial charge on any atom is 0.433 e. The number of hydrogen-bond donors (Lipinski definition) is 2. The van der Waals surface area contributed by atoms with Gasteiger partial charge in [-0.25, -0.2) is 4.98 Å². The molecule has 0 spiro atoms. The highest BCUT2D eigenvalue weighted by molar-refractivity contribution is 5.95. The Bertz CT molecular complexity index is 514. The Morgan fingerprint density at radius 1 is 1.48 bits per heavy atom. The monoisotopic (exact) mass is 303 g/mol. The lowest BCUT2D eigenvalue weighted by molar-refractivity contribution is -0.141. The molecule has 1 aromatic heterocycles. The number of halogens is 3. The summed E-state index contributed by atoms with van der Waals surface area (Å²) in [5, 5.41) is 3.19. The Morgan fingerprint density at radius 2 is 2.24 bits per heavy atom. The number of nitrogens with two attached hydrogens (primary N) is 1. The number of alkyl halides is 3. The molecule has 5 nitrogen and oxygen atoms in total. The highest BCUT2D eigenvalue weighted by Crippen LogP contribution is 2.30. The summed E-state index contributed by atoms with van der Waals surface area (Å²) in [6.45, 7) is 1.99. The molecule has 21 heavy (non-hydrogen) atoms. The predicted molar refractivity (Wildman–Crippen MR) is 68.8 cm³/mol. The number of rotatable bonds is 5. The number of ether oxygens (including phenoxy) is 1. The van der Waals surface area contributed by atoms with Gasteiger partial charge in [0.05, 0.1) is 6.61 Å². The number of nitrogens with zero attached hydrogens (tertiary/aromatic N) is 1. The van der Waals surface area contributed by atoms with Gasteiger partial charge in [0.25, 0.3) is 5.91 Å². The predicted octanol–water partition coefficient (Wildman–Crippen LogP) is 1.58. The molecule has 1 atom stereocenters. The number of nitrogens with one attached hydrogen (secondary N) is 1. The van der Waals surface area contributed by atoms with Gasteiger partial charge in [-0.15, -0.1) is 0 Å². The van der Waals surface area contributed by atoms with Crippen LogP contribution in [0.2, 0.25) is 0 Å².